The van der Waals surface area contributed by atoms with E-state index < -0.39 is 47.7 Å². The SMILES string of the molecule is CC[C@@H](C(C)C)[C@@H](O)[C@H](O)[C@@H](C)C1CCC2C3COC(=O)C4C[C@H](OC(C)=O)[C@H](OC(C)=O)C[C@]4(C)C3CC[C@@]21C. The lowest BCUT2D eigenvalue weighted by Gasteiger charge is -2.56. The van der Waals surface area contributed by atoms with Gasteiger partial charge in [-0.2, -0.15) is 0 Å². The van der Waals surface area contributed by atoms with Crippen LogP contribution in [0.15, 0.2) is 0 Å². The Balaban J connectivity index is 1.60. The molecule has 0 radical (unpaired) electrons. The molecule has 0 bridgehead atoms. The van der Waals surface area contributed by atoms with Gasteiger partial charge in [0.05, 0.1) is 24.7 Å². The molecule has 4 aliphatic rings. The molecule has 13 atom stereocenters. The number of carbonyl (C=O) groups excluding carboxylic acids is 3. The van der Waals surface area contributed by atoms with Crippen molar-refractivity contribution in [3.63, 3.8) is 0 Å². The molecule has 4 rings (SSSR count). The second-order valence-electron chi connectivity index (χ2n) is 14.7. The zero-order chi connectivity index (χ0) is 30.4. The molecular formula is C33H54O8. The van der Waals surface area contributed by atoms with E-state index in [0.717, 1.165) is 32.1 Å². The highest BCUT2D eigenvalue weighted by Crippen LogP contribution is 2.66. The van der Waals surface area contributed by atoms with E-state index in [9.17, 15) is 24.6 Å². The van der Waals surface area contributed by atoms with Gasteiger partial charge in [0.25, 0.3) is 0 Å². The van der Waals surface area contributed by atoms with Crippen molar-refractivity contribution in [3.05, 3.63) is 0 Å². The molecule has 1 aliphatic heterocycles. The van der Waals surface area contributed by atoms with Gasteiger partial charge in [0, 0.05) is 20.3 Å². The van der Waals surface area contributed by atoms with E-state index in [2.05, 4.69) is 41.5 Å². The second-order valence-corrected chi connectivity index (χ2v) is 14.7. The molecular weight excluding hydrogens is 524 g/mol. The van der Waals surface area contributed by atoms with E-state index in [4.69, 9.17) is 14.2 Å². The van der Waals surface area contributed by atoms with Crippen molar-refractivity contribution in [1.29, 1.82) is 0 Å². The summed E-state index contributed by atoms with van der Waals surface area (Å²) in [5.74, 6) is -0.317. The summed E-state index contributed by atoms with van der Waals surface area (Å²) in [6.45, 7) is 16.0. The van der Waals surface area contributed by atoms with Crippen molar-refractivity contribution in [3.8, 4) is 0 Å². The van der Waals surface area contributed by atoms with Crippen LogP contribution < -0.4 is 0 Å². The third kappa shape index (κ3) is 5.81. The maximum Gasteiger partial charge on any atom is 0.309 e. The van der Waals surface area contributed by atoms with Gasteiger partial charge < -0.3 is 24.4 Å². The fourth-order valence-corrected chi connectivity index (χ4v) is 10.2. The number of ether oxygens (including phenoxy) is 3. The standard InChI is InChI=1S/C33H54O8/c1-9-21(17(2)3)30(37)29(36)18(4)23-10-11-24-22-16-39-31(38)26-14-27(40-19(5)34)28(41-20(6)35)15-33(26,8)25(22)12-13-32(23,24)7/h17-18,21-30,36-37H,9-16H2,1-8H3/t18-,21-,22?,23?,24?,25?,26?,27-,28+,29+,30+,32+,33+/m0/s1. The van der Waals surface area contributed by atoms with Crippen LogP contribution >= 0.6 is 0 Å². The first kappa shape index (κ1) is 32.2. The molecule has 2 N–H and O–H groups in total. The van der Waals surface area contributed by atoms with Gasteiger partial charge in [0.1, 0.15) is 12.2 Å². The number of cyclic esters (lactones) is 1. The number of hydrogen-bond donors (Lipinski definition) is 2. The smallest absolute Gasteiger partial charge is 0.309 e. The fraction of sp³-hybridized carbons (Fsp3) is 0.909. The van der Waals surface area contributed by atoms with E-state index in [0.29, 0.717) is 24.9 Å². The molecule has 0 aromatic heterocycles. The highest BCUT2D eigenvalue weighted by Gasteiger charge is 2.64. The Hall–Kier alpha value is -1.67. The van der Waals surface area contributed by atoms with Gasteiger partial charge in [0.15, 0.2) is 0 Å². The zero-order valence-electron chi connectivity index (χ0n) is 26.4. The summed E-state index contributed by atoms with van der Waals surface area (Å²) in [5, 5.41) is 22.6. The van der Waals surface area contributed by atoms with E-state index in [1.54, 1.807) is 0 Å². The Bertz CT molecular complexity index is 980. The van der Waals surface area contributed by atoms with Crippen LogP contribution in [-0.4, -0.2) is 59.1 Å². The van der Waals surface area contributed by atoms with Crippen LogP contribution in [0.5, 0.6) is 0 Å². The second kappa shape index (κ2) is 12.1. The van der Waals surface area contributed by atoms with Crippen molar-refractivity contribution in [2.45, 2.75) is 125 Å². The van der Waals surface area contributed by atoms with Crippen LogP contribution in [0.1, 0.15) is 100 Å². The van der Waals surface area contributed by atoms with Crippen molar-refractivity contribution in [2.75, 3.05) is 6.61 Å². The summed E-state index contributed by atoms with van der Waals surface area (Å²) in [7, 11) is 0. The monoisotopic (exact) mass is 578 g/mol. The molecule has 8 nitrogen and oxygen atoms in total. The van der Waals surface area contributed by atoms with Gasteiger partial charge in [-0.15, -0.1) is 0 Å². The van der Waals surface area contributed by atoms with Crippen molar-refractivity contribution in [2.24, 2.45) is 58.2 Å². The van der Waals surface area contributed by atoms with Crippen LogP contribution in [0.25, 0.3) is 0 Å². The quantitative estimate of drug-likeness (QED) is 0.308. The first-order valence-corrected chi connectivity index (χ1v) is 16.0. The minimum absolute atomic E-state index is 0.0341. The molecule has 234 valence electrons. The summed E-state index contributed by atoms with van der Waals surface area (Å²) in [4.78, 5) is 37.4. The zero-order valence-corrected chi connectivity index (χ0v) is 26.4. The van der Waals surface area contributed by atoms with Crippen LogP contribution in [0.2, 0.25) is 0 Å². The molecule has 0 amide bonds. The molecule has 8 heteroatoms. The lowest BCUT2D eigenvalue weighted by molar-refractivity contribution is -0.188. The minimum atomic E-state index is -0.782. The largest absolute Gasteiger partial charge is 0.465 e. The predicted octanol–water partition coefficient (Wildman–Crippen LogP) is 4.92. The van der Waals surface area contributed by atoms with Crippen molar-refractivity contribution in [1.82, 2.24) is 0 Å². The normalized spacial score (nSPS) is 41.5. The summed E-state index contributed by atoms with van der Waals surface area (Å²) >= 11 is 0. The van der Waals surface area contributed by atoms with Crippen LogP contribution in [0.4, 0.5) is 0 Å². The third-order valence-electron chi connectivity index (χ3n) is 12.3. The average molecular weight is 579 g/mol. The van der Waals surface area contributed by atoms with Crippen molar-refractivity contribution >= 4 is 17.9 Å². The Kier molecular flexibility index (Phi) is 9.55. The summed E-state index contributed by atoms with van der Waals surface area (Å²) in [6.07, 6.45) is 2.63. The minimum Gasteiger partial charge on any atom is -0.465 e. The number of esters is 3. The summed E-state index contributed by atoms with van der Waals surface area (Å²) < 4.78 is 17.3. The Labute approximate surface area is 246 Å². The van der Waals surface area contributed by atoms with Gasteiger partial charge >= 0.3 is 17.9 Å². The fourth-order valence-electron chi connectivity index (χ4n) is 10.2. The highest BCUT2D eigenvalue weighted by molar-refractivity contribution is 5.74. The lowest BCUT2D eigenvalue weighted by Crippen LogP contribution is -2.56. The molecule has 0 aromatic carbocycles. The number of aliphatic hydroxyl groups is 2. The Morgan fingerprint density at radius 1 is 0.951 bits per heavy atom. The van der Waals surface area contributed by atoms with Crippen molar-refractivity contribution < 1.29 is 38.8 Å². The Morgan fingerprint density at radius 2 is 1.56 bits per heavy atom. The maximum atomic E-state index is 13.5. The van der Waals surface area contributed by atoms with E-state index >= 15 is 0 Å². The van der Waals surface area contributed by atoms with E-state index in [1.807, 2.05) is 0 Å². The van der Waals surface area contributed by atoms with Crippen LogP contribution in [0.3, 0.4) is 0 Å². The first-order valence-electron chi connectivity index (χ1n) is 16.0. The number of aliphatic hydroxyl groups excluding tert-OH is 2. The molecule has 4 fully saturated rings. The molecule has 0 aromatic rings. The molecule has 3 aliphatic carbocycles. The lowest BCUT2D eigenvalue weighted by atomic mass is 9.48. The number of rotatable bonds is 8. The molecule has 1 heterocycles. The van der Waals surface area contributed by atoms with Gasteiger partial charge in [0.2, 0.25) is 0 Å². The molecule has 5 unspecified atom stereocenters. The molecule has 0 spiro atoms. The highest BCUT2D eigenvalue weighted by atomic mass is 16.6. The molecule has 41 heavy (non-hydrogen) atoms. The van der Waals surface area contributed by atoms with Gasteiger partial charge in [-0.25, -0.2) is 0 Å². The average Bonchev–Trinajstić information content (AvgIpc) is 3.19. The van der Waals surface area contributed by atoms with E-state index in [-0.39, 0.29) is 47.4 Å². The number of carbonyl (C=O) groups is 3. The van der Waals surface area contributed by atoms with Gasteiger partial charge in [-0.05, 0) is 84.4 Å². The predicted molar refractivity (Wildman–Crippen MR) is 153 cm³/mol. The molecule has 1 saturated heterocycles. The third-order valence-corrected chi connectivity index (χ3v) is 12.3. The molecule has 3 saturated carbocycles. The summed E-state index contributed by atoms with van der Waals surface area (Å²) in [5.41, 5.74) is -0.491. The summed E-state index contributed by atoms with van der Waals surface area (Å²) in [6, 6.07) is 0. The van der Waals surface area contributed by atoms with E-state index in [1.165, 1.54) is 13.8 Å². The van der Waals surface area contributed by atoms with Crippen LogP contribution in [-0.2, 0) is 28.6 Å². The Morgan fingerprint density at radius 3 is 2.15 bits per heavy atom. The topological polar surface area (TPSA) is 119 Å². The number of hydrogen-bond acceptors (Lipinski definition) is 8. The van der Waals surface area contributed by atoms with Gasteiger partial charge in [-0.1, -0.05) is 48.0 Å². The van der Waals surface area contributed by atoms with Crippen LogP contribution in [0, 0.1) is 58.2 Å². The maximum absolute atomic E-state index is 13.5. The number of fused-ring (bicyclic) bond motifs is 5. The first-order chi connectivity index (χ1) is 19.1. The van der Waals surface area contributed by atoms with Gasteiger partial charge in [-0.3, -0.25) is 14.4 Å².